The third-order valence-electron chi connectivity index (χ3n) is 5.03. The molecule has 1 unspecified atom stereocenters. The van der Waals surface area contributed by atoms with Crippen LogP contribution in [0.25, 0.3) is 0 Å². The summed E-state index contributed by atoms with van der Waals surface area (Å²) < 4.78 is 0. The predicted molar refractivity (Wildman–Crippen MR) is 123 cm³/mol. The molecule has 1 aromatic carbocycles. The number of hydrogen-bond acceptors (Lipinski definition) is 7. The molecule has 1 saturated heterocycles. The quantitative estimate of drug-likeness (QED) is 0.230. The molecular weight excluding hydrogens is 497 g/mol. The number of aldehydes is 1. The Morgan fingerprint density at radius 3 is 2.39 bits per heavy atom. The van der Waals surface area contributed by atoms with Crippen LogP contribution < -0.4 is 10.6 Å². The van der Waals surface area contributed by atoms with Crippen LogP contribution in [0.5, 0.6) is 5.75 Å². The molecule has 10 nitrogen and oxygen atoms in total. The van der Waals surface area contributed by atoms with Crippen molar-refractivity contribution in [2.45, 2.75) is 43.8 Å². The summed E-state index contributed by atoms with van der Waals surface area (Å²) in [6, 6.07) is -0.742. The average molecular weight is 520 g/mol. The summed E-state index contributed by atoms with van der Waals surface area (Å²) in [6.07, 6.45) is 0.741. The van der Waals surface area contributed by atoms with Crippen LogP contribution in [0.3, 0.4) is 0 Å². The van der Waals surface area contributed by atoms with Crippen LogP contribution in [0.15, 0.2) is 12.1 Å². The fraction of sp³-hybridized carbons (Fsp3) is 0.450. The van der Waals surface area contributed by atoms with Crippen LogP contribution in [-0.4, -0.2) is 75.5 Å². The number of thiol groups is 1. The van der Waals surface area contributed by atoms with Crippen molar-refractivity contribution in [2.24, 2.45) is 0 Å². The van der Waals surface area contributed by atoms with Crippen molar-refractivity contribution < 1.29 is 34.2 Å². The Labute approximate surface area is 205 Å². The minimum absolute atomic E-state index is 0.0259. The fourth-order valence-electron chi connectivity index (χ4n) is 3.43. The molecule has 0 aromatic heterocycles. The number of phenolic OH excluding ortho intramolecular Hbond substituents is 1. The summed E-state index contributed by atoms with van der Waals surface area (Å²) in [5, 5.41) is 23.2. The lowest BCUT2D eigenvalue weighted by Gasteiger charge is -2.29. The van der Waals surface area contributed by atoms with Crippen molar-refractivity contribution in [3.63, 3.8) is 0 Å². The molecule has 0 spiro atoms. The second kappa shape index (κ2) is 12.1. The topological polar surface area (TPSA) is 153 Å². The monoisotopic (exact) mass is 519 g/mol. The van der Waals surface area contributed by atoms with E-state index in [-0.39, 0.29) is 40.1 Å². The van der Waals surface area contributed by atoms with E-state index >= 15 is 0 Å². The first-order valence-electron chi connectivity index (χ1n) is 9.96. The van der Waals surface area contributed by atoms with Gasteiger partial charge in [0.1, 0.15) is 18.4 Å². The Bertz CT molecular complexity index is 923. The molecule has 3 amide bonds. The number of halogens is 2. The minimum Gasteiger partial charge on any atom is -0.505 e. The highest BCUT2D eigenvalue weighted by molar-refractivity contribution is 7.80. The summed E-state index contributed by atoms with van der Waals surface area (Å²) in [4.78, 5) is 61.7. The molecule has 0 radical (unpaired) electrons. The number of carbonyl (C=O) groups excluding carboxylic acids is 4. The van der Waals surface area contributed by atoms with E-state index in [4.69, 9.17) is 28.3 Å². The first-order valence-corrected chi connectivity index (χ1v) is 11.4. The van der Waals surface area contributed by atoms with Gasteiger partial charge in [0, 0.05) is 12.1 Å². The van der Waals surface area contributed by atoms with Crippen molar-refractivity contribution >= 4 is 65.8 Å². The largest absolute Gasteiger partial charge is 0.505 e. The number of benzene rings is 1. The van der Waals surface area contributed by atoms with E-state index < -0.39 is 48.2 Å². The number of carboxylic acids is 1. The van der Waals surface area contributed by atoms with Crippen molar-refractivity contribution in [1.29, 1.82) is 0 Å². The van der Waals surface area contributed by atoms with Crippen molar-refractivity contribution in [3.05, 3.63) is 27.7 Å². The van der Waals surface area contributed by atoms with Crippen LogP contribution in [0, 0.1) is 0 Å². The molecule has 0 aliphatic carbocycles. The average Bonchev–Trinajstić information content (AvgIpc) is 3.25. The van der Waals surface area contributed by atoms with Crippen molar-refractivity contribution in [2.75, 3.05) is 12.3 Å². The first kappa shape index (κ1) is 26.7. The van der Waals surface area contributed by atoms with Gasteiger partial charge in [-0.15, -0.1) is 0 Å². The highest BCUT2D eigenvalue weighted by Gasteiger charge is 2.38. The maximum atomic E-state index is 13.2. The number of phenols is 1. The summed E-state index contributed by atoms with van der Waals surface area (Å²) in [6.45, 7) is 0.247. The molecule has 2 rings (SSSR count). The third kappa shape index (κ3) is 6.99. The van der Waals surface area contributed by atoms with Crippen LogP contribution >= 0.6 is 35.8 Å². The van der Waals surface area contributed by atoms with E-state index in [0.29, 0.717) is 19.1 Å². The van der Waals surface area contributed by atoms with E-state index in [1.54, 1.807) is 0 Å². The maximum absolute atomic E-state index is 13.2. The smallest absolute Gasteiger partial charge is 0.305 e. The van der Waals surface area contributed by atoms with E-state index in [1.807, 2.05) is 0 Å². The van der Waals surface area contributed by atoms with Crippen LogP contribution in [-0.2, 0) is 19.2 Å². The molecule has 1 heterocycles. The lowest BCUT2D eigenvalue weighted by Crippen LogP contribution is -2.55. The van der Waals surface area contributed by atoms with Gasteiger partial charge in [0.05, 0.1) is 22.5 Å². The van der Waals surface area contributed by atoms with Crippen molar-refractivity contribution in [3.8, 4) is 5.75 Å². The maximum Gasteiger partial charge on any atom is 0.305 e. The zero-order chi connectivity index (χ0) is 24.7. The third-order valence-corrected chi connectivity index (χ3v) is 5.86. The van der Waals surface area contributed by atoms with Gasteiger partial charge < -0.3 is 30.5 Å². The second-order valence-corrected chi connectivity index (χ2v) is 8.63. The van der Waals surface area contributed by atoms with Crippen molar-refractivity contribution in [1.82, 2.24) is 15.5 Å². The molecule has 180 valence electrons. The number of aromatic hydroxyl groups is 1. The zero-order valence-corrected chi connectivity index (χ0v) is 19.7. The normalized spacial score (nSPS) is 17.2. The van der Waals surface area contributed by atoms with Gasteiger partial charge >= 0.3 is 5.97 Å². The number of carbonyl (C=O) groups is 5. The molecule has 0 bridgehead atoms. The van der Waals surface area contributed by atoms with E-state index in [2.05, 4.69) is 23.3 Å². The van der Waals surface area contributed by atoms with Gasteiger partial charge in [0.25, 0.3) is 5.91 Å². The highest BCUT2D eigenvalue weighted by Crippen LogP contribution is 2.32. The lowest BCUT2D eigenvalue weighted by molar-refractivity contribution is -0.142. The Balaban J connectivity index is 2.15. The summed E-state index contributed by atoms with van der Waals surface area (Å²) in [5.74, 6) is -3.21. The molecule has 33 heavy (non-hydrogen) atoms. The van der Waals surface area contributed by atoms with Crippen LogP contribution in [0.2, 0.25) is 10.0 Å². The molecule has 1 aliphatic heterocycles. The van der Waals surface area contributed by atoms with E-state index in [0.717, 1.165) is 0 Å². The summed E-state index contributed by atoms with van der Waals surface area (Å²) in [7, 11) is 0. The van der Waals surface area contributed by atoms with E-state index in [9.17, 15) is 29.1 Å². The van der Waals surface area contributed by atoms with Gasteiger partial charge in [-0.2, -0.15) is 12.6 Å². The zero-order valence-electron chi connectivity index (χ0n) is 17.3. The first-order chi connectivity index (χ1) is 15.6. The summed E-state index contributed by atoms with van der Waals surface area (Å²) in [5.41, 5.74) is 0.0259. The Kier molecular flexibility index (Phi) is 9.81. The number of aliphatic carboxylic acids is 1. The SMILES string of the molecule is O=CC(CC(=O)O)NC(=O)[C@@H]1CCCN1C(=O)[C@H](CCS)NC(=O)c1cc(Cl)c(O)c(Cl)c1. The molecule has 13 heteroatoms. The highest BCUT2D eigenvalue weighted by atomic mass is 35.5. The predicted octanol–water partition coefficient (Wildman–Crippen LogP) is 1.27. The molecular formula is C20H23Cl2N3O7S. The number of likely N-dealkylation sites (tertiary alicyclic amines) is 1. The van der Waals surface area contributed by atoms with Gasteiger partial charge in [0.15, 0.2) is 5.75 Å². The van der Waals surface area contributed by atoms with Gasteiger partial charge in [-0.1, -0.05) is 23.2 Å². The van der Waals surface area contributed by atoms with Crippen LogP contribution in [0.4, 0.5) is 0 Å². The number of nitrogens with one attached hydrogen (secondary N) is 2. The van der Waals surface area contributed by atoms with Gasteiger partial charge in [-0.05, 0) is 37.1 Å². The fourth-order valence-corrected chi connectivity index (χ4v) is 4.17. The number of rotatable bonds is 10. The Morgan fingerprint density at radius 2 is 1.85 bits per heavy atom. The minimum atomic E-state index is -1.25. The lowest BCUT2D eigenvalue weighted by atomic mass is 10.1. The summed E-state index contributed by atoms with van der Waals surface area (Å²) >= 11 is 15.9. The van der Waals surface area contributed by atoms with E-state index in [1.165, 1.54) is 17.0 Å². The van der Waals surface area contributed by atoms with Gasteiger partial charge in [-0.25, -0.2) is 0 Å². The van der Waals surface area contributed by atoms with Crippen LogP contribution in [0.1, 0.15) is 36.0 Å². The molecule has 4 N–H and O–H groups in total. The number of nitrogens with zero attached hydrogens (tertiary/aromatic N) is 1. The molecule has 1 aromatic rings. The Hall–Kier alpha value is -2.50. The van der Waals surface area contributed by atoms with Gasteiger partial charge in [-0.3, -0.25) is 19.2 Å². The van der Waals surface area contributed by atoms with Gasteiger partial charge in [0.2, 0.25) is 11.8 Å². The molecule has 1 fully saturated rings. The Morgan fingerprint density at radius 1 is 1.21 bits per heavy atom. The number of carboxylic acid groups (broad SMARTS) is 1. The standard InChI is InChI=1S/C20H23Cl2N3O7S/c21-12-6-10(7-13(22)17(12)29)18(30)24-14(3-5-33)20(32)25-4-1-2-15(25)19(31)23-11(9-26)8-16(27)28/h6-7,9,11,14-15,29,33H,1-5,8H2,(H,23,31)(H,24,30)(H,27,28)/t11?,14-,15-/m0/s1. The second-order valence-electron chi connectivity index (χ2n) is 7.37. The molecule has 3 atom stereocenters. The number of amides is 3. The number of hydrogen-bond donors (Lipinski definition) is 5. The molecule has 0 saturated carbocycles. The molecule has 1 aliphatic rings.